The molecule has 0 aliphatic carbocycles. The Labute approximate surface area is 88.0 Å². The molecule has 0 unspecified atom stereocenters. The van der Waals surface area contributed by atoms with Crippen molar-refractivity contribution in [2.75, 3.05) is 6.61 Å². The zero-order valence-corrected chi connectivity index (χ0v) is 8.46. The minimum absolute atomic E-state index is 0.0781. The SMILES string of the molecule is NOCCc1ccc(CCC(F)F)cc1. The first-order chi connectivity index (χ1) is 7.22. The van der Waals surface area contributed by atoms with Crippen LogP contribution in [0.2, 0.25) is 0 Å². The Morgan fingerprint density at radius 3 is 2.07 bits per heavy atom. The van der Waals surface area contributed by atoms with Crippen molar-refractivity contribution in [3.05, 3.63) is 35.4 Å². The molecule has 0 radical (unpaired) electrons. The molecule has 2 N–H and O–H groups in total. The molecule has 0 aliphatic heterocycles. The first kappa shape index (κ1) is 12.1. The van der Waals surface area contributed by atoms with E-state index in [1.54, 1.807) is 0 Å². The van der Waals surface area contributed by atoms with Gasteiger partial charge in [0.25, 0.3) is 0 Å². The summed E-state index contributed by atoms with van der Waals surface area (Å²) in [6, 6.07) is 7.57. The summed E-state index contributed by atoms with van der Waals surface area (Å²) in [6.45, 7) is 0.469. The van der Waals surface area contributed by atoms with E-state index in [9.17, 15) is 8.78 Å². The van der Waals surface area contributed by atoms with Gasteiger partial charge in [0, 0.05) is 6.42 Å². The van der Waals surface area contributed by atoms with Crippen LogP contribution in [0.25, 0.3) is 0 Å². The van der Waals surface area contributed by atoms with Crippen LogP contribution in [-0.4, -0.2) is 13.0 Å². The first-order valence-electron chi connectivity index (χ1n) is 4.90. The number of hydrogen-bond donors (Lipinski definition) is 1. The number of rotatable bonds is 6. The first-order valence-corrected chi connectivity index (χ1v) is 4.90. The van der Waals surface area contributed by atoms with Gasteiger partial charge in [0.2, 0.25) is 6.43 Å². The molecule has 0 spiro atoms. The van der Waals surface area contributed by atoms with Gasteiger partial charge in [-0.1, -0.05) is 24.3 Å². The molecule has 1 aromatic carbocycles. The lowest BCUT2D eigenvalue weighted by atomic mass is 10.1. The number of aryl methyl sites for hydroxylation is 1. The summed E-state index contributed by atoms with van der Waals surface area (Å²) in [7, 11) is 0. The van der Waals surface area contributed by atoms with Gasteiger partial charge in [-0.15, -0.1) is 0 Å². The lowest BCUT2D eigenvalue weighted by Gasteiger charge is -2.03. The van der Waals surface area contributed by atoms with E-state index in [-0.39, 0.29) is 6.42 Å². The smallest absolute Gasteiger partial charge is 0.239 e. The van der Waals surface area contributed by atoms with Gasteiger partial charge in [0.15, 0.2) is 0 Å². The molecule has 0 atom stereocenters. The zero-order valence-electron chi connectivity index (χ0n) is 8.46. The quantitative estimate of drug-likeness (QED) is 0.739. The molecule has 0 aliphatic rings. The van der Waals surface area contributed by atoms with E-state index in [2.05, 4.69) is 4.84 Å². The monoisotopic (exact) mass is 215 g/mol. The normalized spacial score (nSPS) is 10.9. The Kier molecular flexibility index (Phi) is 5.21. The molecule has 2 nitrogen and oxygen atoms in total. The van der Waals surface area contributed by atoms with Crippen LogP contribution in [-0.2, 0) is 17.7 Å². The molecule has 0 bridgehead atoms. The molecule has 15 heavy (non-hydrogen) atoms. The van der Waals surface area contributed by atoms with Gasteiger partial charge < -0.3 is 4.84 Å². The number of alkyl halides is 2. The number of hydrogen-bond acceptors (Lipinski definition) is 2. The van der Waals surface area contributed by atoms with Gasteiger partial charge >= 0.3 is 0 Å². The van der Waals surface area contributed by atoms with Crippen LogP contribution in [0, 0.1) is 0 Å². The van der Waals surface area contributed by atoms with E-state index >= 15 is 0 Å². The van der Waals surface area contributed by atoms with E-state index in [1.807, 2.05) is 24.3 Å². The van der Waals surface area contributed by atoms with E-state index in [0.29, 0.717) is 13.0 Å². The summed E-state index contributed by atoms with van der Waals surface area (Å²) in [4.78, 5) is 4.46. The minimum atomic E-state index is -2.23. The van der Waals surface area contributed by atoms with Crippen molar-refractivity contribution in [3.63, 3.8) is 0 Å². The van der Waals surface area contributed by atoms with Crippen molar-refractivity contribution >= 4 is 0 Å². The van der Waals surface area contributed by atoms with Crippen molar-refractivity contribution in [2.24, 2.45) is 5.90 Å². The summed E-state index contributed by atoms with van der Waals surface area (Å²) in [5.41, 5.74) is 2.04. The predicted octanol–water partition coefficient (Wildman–Crippen LogP) is 2.32. The second-order valence-corrected chi connectivity index (χ2v) is 3.37. The third-order valence-corrected chi connectivity index (χ3v) is 2.18. The predicted molar refractivity (Wildman–Crippen MR) is 54.6 cm³/mol. The molecule has 84 valence electrons. The maximum absolute atomic E-state index is 11.9. The Morgan fingerprint density at radius 1 is 1.07 bits per heavy atom. The molecule has 0 saturated carbocycles. The molecule has 0 heterocycles. The van der Waals surface area contributed by atoms with E-state index in [0.717, 1.165) is 17.5 Å². The molecule has 1 aromatic rings. The van der Waals surface area contributed by atoms with E-state index in [1.165, 1.54) is 0 Å². The highest BCUT2D eigenvalue weighted by molar-refractivity contribution is 5.22. The fourth-order valence-electron chi connectivity index (χ4n) is 1.33. The van der Waals surface area contributed by atoms with Crippen LogP contribution >= 0.6 is 0 Å². The van der Waals surface area contributed by atoms with Crippen LogP contribution in [0.4, 0.5) is 8.78 Å². The van der Waals surface area contributed by atoms with E-state index < -0.39 is 6.43 Å². The molecule has 0 amide bonds. The van der Waals surface area contributed by atoms with Crippen LogP contribution in [0.15, 0.2) is 24.3 Å². The van der Waals surface area contributed by atoms with Gasteiger partial charge in [-0.25, -0.2) is 14.7 Å². The van der Waals surface area contributed by atoms with Crippen LogP contribution in [0.5, 0.6) is 0 Å². The van der Waals surface area contributed by atoms with Crippen LogP contribution in [0.3, 0.4) is 0 Å². The molecule has 0 saturated heterocycles. The van der Waals surface area contributed by atoms with Gasteiger partial charge in [-0.2, -0.15) is 0 Å². The van der Waals surface area contributed by atoms with Crippen LogP contribution in [0.1, 0.15) is 17.5 Å². The fraction of sp³-hybridized carbons (Fsp3) is 0.455. The van der Waals surface area contributed by atoms with Crippen molar-refractivity contribution in [1.29, 1.82) is 0 Å². The number of benzene rings is 1. The standard InChI is InChI=1S/C11H15F2NO/c12-11(13)6-5-9-1-3-10(4-2-9)7-8-15-14/h1-4,11H,5-8,14H2. The molecular formula is C11H15F2NO. The highest BCUT2D eigenvalue weighted by atomic mass is 19.3. The third kappa shape index (κ3) is 4.85. The van der Waals surface area contributed by atoms with Gasteiger partial charge in [-0.3, -0.25) is 0 Å². The molecule has 0 fully saturated rings. The second kappa shape index (κ2) is 6.48. The maximum atomic E-state index is 11.9. The van der Waals surface area contributed by atoms with Gasteiger partial charge in [-0.05, 0) is 24.0 Å². The van der Waals surface area contributed by atoms with Crippen molar-refractivity contribution in [1.82, 2.24) is 0 Å². The number of halogens is 2. The number of nitrogens with two attached hydrogens (primary N) is 1. The topological polar surface area (TPSA) is 35.2 Å². The molecule has 1 rings (SSSR count). The van der Waals surface area contributed by atoms with Crippen molar-refractivity contribution in [2.45, 2.75) is 25.7 Å². The van der Waals surface area contributed by atoms with E-state index in [4.69, 9.17) is 5.90 Å². The summed E-state index contributed by atoms with van der Waals surface area (Å²) in [5.74, 6) is 4.90. The summed E-state index contributed by atoms with van der Waals surface area (Å²) >= 11 is 0. The van der Waals surface area contributed by atoms with Gasteiger partial charge in [0.05, 0.1) is 6.61 Å². The largest absolute Gasteiger partial charge is 0.304 e. The lowest BCUT2D eigenvalue weighted by Crippen LogP contribution is -2.03. The van der Waals surface area contributed by atoms with Crippen molar-refractivity contribution in [3.8, 4) is 0 Å². The lowest BCUT2D eigenvalue weighted by molar-refractivity contribution is 0.138. The highest BCUT2D eigenvalue weighted by Gasteiger charge is 2.02. The van der Waals surface area contributed by atoms with Crippen molar-refractivity contribution < 1.29 is 13.6 Å². The average molecular weight is 215 g/mol. The molecular weight excluding hydrogens is 200 g/mol. The Hall–Kier alpha value is -1.00. The zero-order chi connectivity index (χ0) is 11.1. The fourth-order valence-corrected chi connectivity index (χ4v) is 1.33. The average Bonchev–Trinajstić information content (AvgIpc) is 2.25. The summed E-state index contributed by atoms with van der Waals surface area (Å²) < 4.78 is 23.9. The highest BCUT2D eigenvalue weighted by Crippen LogP contribution is 2.10. The third-order valence-electron chi connectivity index (χ3n) is 2.18. The molecule has 4 heteroatoms. The summed E-state index contributed by atoms with van der Waals surface area (Å²) in [5, 5.41) is 0. The van der Waals surface area contributed by atoms with Gasteiger partial charge in [0.1, 0.15) is 0 Å². The summed E-state index contributed by atoms with van der Waals surface area (Å²) in [6.07, 6.45) is -1.14. The maximum Gasteiger partial charge on any atom is 0.239 e. The Morgan fingerprint density at radius 2 is 1.60 bits per heavy atom. The van der Waals surface area contributed by atoms with Crippen LogP contribution < -0.4 is 5.90 Å². The molecule has 0 aromatic heterocycles. The minimum Gasteiger partial charge on any atom is -0.304 e. The Bertz CT molecular complexity index is 274. The Balaban J connectivity index is 2.41. The second-order valence-electron chi connectivity index (χ2n) is 3.37.